The van der Waals surface area contributed by atoms with E-state index >= 15 is 0 Å². The molecule has 0 unspecified atom stereocenters. The van der Waals surface area contributed by atoms with Crippen LogP contribution in [-0.2, 0) is 6.67 Å². The van der Waals surface area contributed by atoms with Gasteiger partial charge in [-0.15, -0.1) is 0 Å². The summed E-state index contributed by atoms with van der Waals surface area (Å²) < 4.78 is 38.0. The van der Waals surface area contributed by atoms with Gasteiger partial charge in [-0.2, -0.15) is 0 Å². The molecule has 0 aliphatic carbocycles. The molecular weight excluding hydrogens is 301 g/mol. The van der Waals surface area contributed by atoms with Gasteiger partial charge in [0.25, 0.3) is 0 Å². The quantitative estimate of drug-likeness (QED) is 0.544. The molecule has 0 aromatic heterocycles. The van der Waals surface area contributed by atoms with E-state index in [1.807, 2.05) is 0 Å². The van der Waals surface area contributed by atoms with Crippen LogP contribution in [0.25, 0.3) is 0 Å². The summed E-state index contributed by atoms with van der Waals surface area (Å²) in [5.74, 6) is -1.78. The van der Waals surface area contributed by atoms with Crippen molar-refractivity contribution in [3.05, 3.63) is 32.2 Å². The van der Waals surface area contributed by atoms with Crippen molar-refractivity contribution in [1.29, 1.82) is 0 Å². The zero-order valence-corrected chi connectivity index (χ0v) is 8.85. The van der Waals surface area contributed by atoms with E-state index in [1.54, 1.807) is 0 Å². The Kier molecular flexibility index (Phi) is 3.17. The third kappa shape index (κ3) is 1.66. The Morgan fingerprint density at radius 2 is 1.83 bits per heavy atom. The molecule has 0 aliphatic heterocycles. The van der Waals surface area contributed by atoms with Gasteiger partial charge in [-0.05, 0) is 37.9 Å². The van der Waals surface area contributed by atoms with Gasteiger partial charge in [0.15, 0.2) is 0 Å². The number of hydrogen-bond donors (Lipinski definition) is 0. The monoisotopic (exact) mass is 302 g/mol. The number of hydrogen-bond acceptors (Lipinski definition) is 0. The first-order valence-electron chi connectivity index (χ1n) is 2.95. The van der Waals surface area contributed by atoms with Crippen molar-refractivity contribution < 1.29 is 13.2 Å². The van der Waals surface area contributed by atoms with E-state index in [0.717, 1.165) is 6.07 Å². The van der Waals surface area contributed by atoms with Crippen LogP contribution in [0.3, 0.4) is 0 Å². The topological polar surface area (TPSA) is 0 Å². The van der Waals surface area contributed by atoms with Crippen molar-refractivity contribution in [2.24, 2.45) is 0 Å². The third-order valence-corrected chi connectivity index (χ3v) is 3.28. The zero-order valence-electron chi connectivity index (χ0n) is 5.67. The fourth-order valence-corrected chi connectivity index (χ4v) is 1.46. The average Bonchev–Trinajstić information content (AvgIpc) is 2.01. The van der Waals surface area contributed by atoms with Gasteiger partial charge in [-0.3, -0.25) is 0 Å². The van der Waals surface area contributed by atoms with Gasteiger partial charge in [0.2, 0.25) is 0 Å². The average molecular weight is 304 g/mol. The van der Waals surface area contributed by atoms with Crippen LogP contribution in [0.15, 0.2) is 15.0 Å². The highest BCUT2D eigenvalue weighted by Gasteiger charge is 2.14. The van der Waals surface area contributed by atoms with Crippen LogP contribution >= 0.6 is 31.9 Å². The fraction of sp³-hybridized carbons (Fsp3) is 0.143. The van der Waals surface area contributed by atoms with Crippen LogP contribution in [0, 0.1) is 11.6 Å². The zero-order chi connectivity index (χ0) is 9.30. The maximum absolute atomic E-state index is 13.0. The van der Waals surface area contributed by atoms with E-state index in [4.69, 9.17) is 0 Å². The lowest BCUT2D eigenvalue weighted by molar-refractivity contribution is 0.438. The molecular formula is C7H3Br2F3. The lowest BCUT2D eigenvalue weighted by atomic mass is 10.2. The van der Waals surface area contributed by atoms with Crippen LogP contribution in [0.2, 0.25) is 0 Å². The SMILES string of the molecule is FCc1c(F)cc(Br)c(Br)c1F. The summed E-state index contributed by atoms with van der Waals surface area (Å²) in [6.07, 6.45) is 0. The van der Waals surface area contributed by atoms with E-state index < -0.39 is 23.9 Å². The van der Waals surface area contributed by atoms with E-state index in [-0.39, 0.29) is 8.95 Å². The predicted molar refractivity (Wildman–Crippen MR) is 46.6 cm³/mol. The lowest BCUT2D eigenvalue weighted by Gasteiger charge is -2.03. The predicted octanol–water partition coefficient (Wildman–Crippen LogP) is 3.96. The molecule has 0 saturated heterocycles. The van der Waals surface area contributed by atoms with Gasteiger partial charge in [0.1, 0.15) is 18.3 Å². The molecule has 0 N–H and O–H groups in total. The Morgan fingerprint density at radius 3 is 2.33 bits per heavy atom. The Balaban J connectivity index is 3.40. The Bertz CT molecular complexity index is 312. The Morgan fingerprint density at radius 1 is 1.25 bits per heavy atom. The van der Waals surface area contributed by atoms with Gasteiger partial charge < -0.3 is 0 Å². The molecule has 1 aromatic carbocycles. The first kappa shape index (κ1) is 10.1. The molecule has 0 heterocycles. The molecule has 0 amide bonds. The fourth-order valence-electron chi connectivity index (χ4n) is 0.726. The van der Waals surface area contributed by atoms with Gasteiger partial charge in [0.05, 0.1) is 10.0 Å². The highest BCUT2D eigenvalue weighted by atomic mass is 79.9. The van der Waals surface area contributed by atoms with Gasteiger partial charge in [0, 0.05) is 4.47 Å². The van der Waals surface area contributed by atoms with Crippen molar-refractivity contribution in [2.45, 2.75) is 6.67 Å². The van der Waals surface area contributed by atoms with Crippen LogP contribution in [0.1, 0.15) is 5.56 Å². The second-order valence-electron chi connectivity index (χ2n) is 2.08. The minimum absolute atomic E-state index is 0.0385. The van der Waals surface area contributed by atoms with Gasteiger partial charge >= 0.3 is 0 Å². The van der Waals surface area contributed by atoms with E-state index in [0.29, 0.717) is 0 Å². The molecule has 0 nitrogen and oxygen atoms in total. The van der Waals surface area contributed by atoms with Crippen LogP contribution in [0.4, 0.5) is 13.2 Å². The van der Waals surface area contributed by atoms with Crippen molar-refractivity contribution in [2.75, 3.05) is 0 Å². The van der Waals surface area contributed by atoms with Crippen molar-refractivity contribution >= 4 is 31.9 Å². The first-order chi connectivity index (χ1) is 5.57. The maximum atomic E-state index is 13.0. The van der Waals surface area contributed by atoms with E-state index in [2.05, 4.69) is 31.9 Å². The molecule has 0 spiro atoms. The second kappa shape index (κ2) is 3.79. The van der Waals surface area contributed by atoms with Crippen molar-refractivity contribution in [3.63, 3.8) is 0 Å². The third-order valence-electron chi connectivity index (χ3n) is 1.34. The highest BCUT2D eigenvalue weighted by molar-refractivity contribution is 9.13. The van der Waals surface area contributed by atoms with Crippen molar-refractivity contribution in [1.82, 2.24) is 0 Å². The maximum Gasteiger partial charge on any atom is 0.147 e. The van der Waals surface area contributed by atoms with E-state index in [9.17, 15) is 13.2 Å². The summed E-state index contributed by atoms with van der Waals surface area (Å²) in [7, 11) is 0. The largest absolute Gasteiger partial charge is 0.246 e. The lowest BCUT2D eigenvalue weighted by Crippen LogP contribution is -1.94. The summed E-state index contributed by atoms with van der Waals surface area (Å²) in [4.78, 5) is 0. The molecule has 5 heteroatoms. The molecule has 12 heavy (non-hydrogen) atoms. The summed E-state index contributed by atoms with van der Waals surface area (Å²) in [5.41, 5.74) is -0.551. The second-order valence-corrected chi connectivity index (χ2v) is 3.73. The standard InChI is InChI=1S/C7H3Br2F3/c8-4-1-5(11)3(2-10)7(12)6(4)9/h1H,2H2. The number of benzene rings is 1. The molecule has 0 bridgehead atoms. The molecule has 0 aliphatic rings. The Labute approximate surface area is 84.0 Å². The number of rotatable bonds is 1. The molecule has 0 fully saturated rings. The molecule has 66 valence electrons. The molecule has 1 rings (SSSR count). The van der Waals surface area contributed by atoms with Gasteiger partial charge in [-0.1, -0.05) is 0 Å². The molecule has 0 radical (unpaired) electrons. The first-order valence-corrected chi connectivity index (χ1v) is 4.54. The Hall–Kier alpha value is -0.0300. The highest BCUT2D eigenvalue weighted by Crippen LogP contribution is 2.30. The summed E-state index contributed by atoms with van der Waals surface area (Å²) >= 11 is 5.76. The molecule has 0 saturated carbocycles. The van der Waals surface area contributed by atoms with Crippen LogP contribution in [-0.4, -0.2) is 0 Å². The minimum Gasteiger partial charge on any atom is -0.246 e. The summed E-state index contributed by atoms with van der Waals surface area (Å²) in [5, 5.41) is 0. The molecule has 0 atom stereocenters. The van der Waals surface area contributed by atoms with E-state index in [1.165, 1.54) is 0 Å². The van der Waals surface area contributed by atoms with Crippen LogP contribution in [0.5, 0.6) is 0 Å². The number of alkyl halides is 1. The minimum atomic E-state index is -1.15. The smallest absolute Gasteiger partial charge is 0.147 e. The number of halogens is 5. The van der Waals surface area contributed by atoms with Crippen molar-refractivity contribution in [3.8, 4) is 0 Å². The van der Waals surface area contributed by atoms with Gasteiger partial charge in [-0.25, -0.2) is 13.2 Å². The normalized spacial score (nSPS) is 10.4. The summed E-state index contributed by atoms with van der Waals surface area (Å²) in [6, 6.07) is 1.02. The van der Waals surface area contributed by atoms with Crippen LogP contribution < -0.4 is 0 Å². The molecule has 1 aromatic rings. The summed E-state index contributed by atoms with van der Waals surface area (Å²) in [6.45, 7) is -1.15.